The number of rotatable bonds is 11. The fourth-order valence-corrected chi connectivity index (χ4v) is 4.41. The lowest BCUT2D eigenvalue weighted by Gasteiger charge is -2.46. The Kier molecular flexibility index (Phi) is 9.39. The van der Waals surface area contributed by atoms with Crippen molar-refractivity contribution in [3.8, 4) is 0 Å². The van der Waals surface area contributed by atoms with Gasteiger partial charge in [0.05, 0.1) is 0 Å². The van der Waals surface area contributed by atoms with Gasteiger partial charge in [-0.15, -0.1) is 0 Å². The Labute approximate surface area is 154 Å². The van der Waals surface area contributed by atoms with Crippen molar-refractivity contribution >= 4 is 5.97 Å². The zero-order valence-corrected chi connectivity index (χ0v) is 16.8. The van der Waals surface area contributed by atoms with Gasteiger partial charge in [0, 0.05) is 25.6 Å². The number of aliphatic hydroxyl groups is 1. The molecule has 0 aromatic rings. The molecule has 4 N–H and O–H groups in total. The predicted octanol–water partition coefficient (Wildman–Crippen LogP) is 2.99. The molecular weight excluding hydrogens is 316 g/mol. The summed E-state index contributed by atoms with van der Waals surface area (Å²) in [4.78, 5) is 11.6. The van der Waals surface area contributed by atoms with Gasteiger partial charge in [0.15, 0.2) is 0 Å². The SMILES string of the molecule is CCCCCCC(=O)OCC(O)CNCC1(C)CC(N)CC(C)(C)C1. The van der Waals surface area contributed by atoms with Crippen LogP contribution in [-0.2, 0) is 9.53 Å². The Morgan fingerprint density at radius 1 is 1.28 bits per heavy atom. The molecule has 0 spiro atoms. The molecule has 1 aliphatic rings. The minimum Gasteiger partial charge on any atom is -0.463 e. The van der Waals surface area contributed by atoms with Gasteiger partial charge in [0.2, 0.25) is 0 Å². The third-order valence-corrected chi connectivity index (χ3v) is 5.08. The van der Waals surface area contributed by atoms with Crippen LogP contribution in [0.25, 0.3) is 0 Å². The first-order valence-corrected chi connectivity index (χ1v) is 9.96. The maximum Gasteiger partial charge on any atom is 0.305 e. The van der Waals surface area contributed by atoms with Gasteiger partial charge in [0.1, 0.15) is 12.7 Å². The zero-order chi connectivity index (χ0) is 18.9. The third-order valence-electron chi connectivity index (χ3n) is 5.08. The van der Waals surface area contributed by atoms with E-state index < -0.39 is 6.10 Å². The molecule has 0 aromatic heterocycles. The molecule has 1 rings (SSSR count). The number of aliphatic hydroxyl groups excluding tert-OH is 1. The van der Waals surface area contributed by atoms with Crippen molar-refractivity contribution in [3.63, 3.8) is 0 Å². The highest BCUT2D eigenvalue weighted by atomic mass is 16.5. The fraction of sp³-hybridized carbons (Fsp3) is 0.950. The summed E-state index contributed by atoms with van der Waals surface area (Å²) in [6.07, 6.45) is 7.23. The smallest absolute Gasteiger partial charge is 0.305 e. The molecule has 0 aromatic carbocycles. The molecule has 3 atom stereocenters. The second-order valence-electron chi connectivity index (χ2n) is 9.10. The lowest BCUT2D eigenvalue weighted by Crippen LogP contribution is -2.47. The Morgan fingerprint density at radius 3 is 2.64 bits per heavy atom. The molecule has 25 heavy (non-hydrogen) atoms. The van der Waals surface area contributed by atoms with E-state index in [2.05, 4.69) is 33.0 Å². The summed E-state index contributed by atoms with van der Waals surface area (Å²) in [6.45, 7) is 10.3. The van der Waals surface area contributed by atoms with Crippen LogP contribution in [0.2, 0.25) is 0 Å². The van der Waals surface area contributed by atoms with Crippen LogP contribution in [0.3, 0.4) is 0 Å². The maximum atomic E-state index is 11.6. The second kappa shape index (κ2) is 10.5. The molecule has 5 heteroatoms. The highest BCUT2D eigenvalue weighted by molar-refractivity contribution is 5.69. The number of ether oxygens (including phenoxy) is 1. The normalized spacial score (nSPS) is 27.0. The Balaban J connectivity index is 2.19. The molecule has 0 amide bonds. The van der Waals surface area contributed by atoms with Gasteiger partial charge in [-0.25, -0.2) is 0 Å². The minimum absolute atomic E-state index is 0.0708. The topological polar surface area (TPSA) is 84.6 Å². The molecule has 148 valence electrons. The number of hydrogen-bond acceptors (Lipinski definition) is 5. The summed E-state index contributed by atoms with van der Waals surface area (Å²) in [6, 6.07) is 0.245. The van der Waals surface area contributed by atoms with Crippen molar-refractivity contribution in [2.45, 2.75) is 91.2 Å². The van der Waals surface area contributed by atoms with E-state index in [1.165, 1.54) is 0 Å². The minimum atomic E-state index is -0.659. The van der Waals surface area contributed by atoms with Gasteiger partial charge in [0.25, 0.3) is 0 Å². The van der Waals surface area contributed by atoms with E-state index in [0.717, 1.165) is 51.5 Å². The van der Waals surface area contributed by atoms with Crippen molar-refractivity contribution in [2.75, 3.05) is 19.7 Å². The summed E-state index contributed by atoms with van der Waals surface area (Å²) < 4.78 is 5.15. The molecule has 5 nitrogen and oxygen atoms in total. The van der Waals surface area contributed by atoms with E-state index in [0.29, 0.717) is 13.0 Å². The van der Waals surface area contributed by atoms with E-state index in [4.69, 9.17) is 10.5 Å². The van der Waals surface area contributed by atoms with Gasteiger partial charge in [-0.3, -0.25) is 4.79 Å². The van der Waals surface area contributed by atoms with Crippen LogP contribution in [0, 0.1) is 10.8 Å². The standard InChI is InChI=1S/C20H40N2O3/c1-5-6-7-8-9-18(24)25-13-17(23)12-22-15-20(4)11-16(21)10-19(2,3)14-20/h16-17,22-23H,5-15,21H2,1-4H3. The van der Waals surface area contributed by atoms with Crippen LogP contribution >= 0.6 is 0 Å². The number of esters is 1. The monoisotopic (exact) mass is 356 g/mol. The summed E-state index contributed by atoms with van der Waals surface area (Å²) in [7, 11) is 0. The summed E-state index contributed by atoms with van der Waals surface area (Å²) in [5, 5.41) is 13.4. The fourth-order valence-electron chi connectivity index (χ4n) is 4.41. The average molecular weight is 357 g/mol. The van der Waals surface area contributed by atoms with E-state index >= 15 is 0 Å². The van der Waals surface area contributed by atoms with Crippen molar-refractivity contribution in [1.29, 1.82) is 0 Å². The number of nitrogens with one attached hydrogen (secondary N) is 1. The molecule has 0 bridgehead atoms. The summed E-state index contributed by atoms with van der Waals surface area (Å²) in [5.41, 5.74) is 6.64. The number of nitrogens with two attached hydrogens (primary N) is 1. The number of carbonyl (C=O) groups is 1. The molecule has 1 saturated carbocycles. The highest BCUT2D eigenvalue weighted by Crippen LogP contribution is 2.45. The predicted molar refractivity (Wildman–Crippen MR) is 102 cm³/mol. The molecule has 0 radical (unpaired) electrons. The largest absolute Gasteiger partial charge is 0.463 e. The van der Waals surface area contributed by atoms with Crippen LogP contribution in [0.15, 0.2) is 0 Å². The van der Waals surface area contributed by atoms with Crippen LogP contribution < -0.4 is 11.1 Å². The molecule has 0 aliphatic heterocycles. The van der Waals surface area contributed by atoms with E-state index in [9.17, 15) is 9.90 Å². The Morgan fingerprint density at radius 2 is 2.00 bits per heavy atom. The zero-order valence-electron chi connectivity index (χ0n) is 16.8. The van der Waals surface area contributed by atoms with Crippen LogP contribution in [-0.4, -0.2) is 42.9 Å². The quantitative estimate of drug-likeness (QED) is 0.391. The molecular formula is C20H40N2O3. The molecule has 1 fully saturated rings. The van der Waals surface area contributed by atoms with Crippen molar-refractivity contribution < 1.29 is 14.6 Å². The van der Waals surface area contributed by atoms with E-state index in [-0.39, 0.29) is 29.4 Å². The van der Waals surface area contributed by atoms with Gasteiger partial charge in [-0.2, -0.15) is 0 Å². The highest BCUT2D eigenvalue weighted by Gasteiger charge is 2.39. The summed E-state index contributed by atoms with van der Waals surface area (Å²) >= 11 is 0. The van der Waals surface area contributed by atoms with E-state index in [1.807, 2.05) is 0 Å². The first-order valence-electron chi connectivity index (χ1n) is 9.96. The van der Waals surface area contributed by atoms with Gasteiger partial charge in [-0.05, 0) is 36.5 Å². The van der Waals surface area contributed by atoms with Gasteiger partial charge >= 0.3 is 5.97 Å². The third kappa shape index (κ3) is 9.57. The number of carbonyl (C=O) groups excluding carboxylic acids is 1. The van der Waals surface area contributed by atoms with Crippen LogP contribution in [0.1, 0.15) is 79.1 Å². The summed E-state index contributed by atoms with van der Waals surface area (Å²) in [5.74, 6) is -0.206. The molecule has 1 aliphatic carbocycles. The lowest BCUT2D eigenvalue weighted by molar-refractivity contribution is -0.146. The molecule has 0 saturated heterocycles. The van der Waals surface area contributed by atoms with E-state index in [1.54, 1.807) is 0 Å². The van der Waals surface area contributed by atoms with Gasteiger partial charge in [-0.1, -0.05) is 47.0 Å². The lowest BCUT2D eigenvalue weighted by atomic mass is 9.63. The number of unbranched alkanes of at least 4 members (excludes halogenated alkanes) is 3. The first-order chi connectivity index (χ1) is 11.7. The average Bonchev–Trinajstić information content (AvgIpc) is 2.47. The Bertz CT molecular complexity index is 400. The van der Waals surface area contributed by atoms with Crippen molar-refractivity contribution in [2.24, 2.45) is 16.6 Å². The van der Waals surface area contributed by atoms with Gasteiger partial charge < -0.3 is 20.9 Å². The molecule has 0 heterocycles. The number of hydrogen-bond donors (Lipinski definition) is 3. The Hall–Kier alpha value is -0.650. The maximum absolute atomic E-state index is 11.6. The first kappa shape index (κ1) is 22.4. The van der Waals surface area contributed by atoms with Crippen LogP contribution in [0.4, 0.5) is 0 Å². The van der Waals surface area contributed by atoms with Crippen LogP contribution in [0.5, 0.6) is 0 Å². The van der Waals surface area contributed by atoms with Crippen molar-refractivity contribution in [1.82, 2.24) is 5.32 Å². The second-order valence-corrected chi connectivity index (χ2v) is 9.10. The van der Waals surface area contributed by atoms with Crippen molar-refractivity contribution in [3.05, 3.63) is 0 Å². The molecule has 3 unspecified atom stereocenters.